The number of benzene rings is 9. The largest absolute Gasteiger partial charge is 0.309 e. The Kier molecular flexibility index (Phi) is 8.21. The Morgan fingerprint density at radius 1 is 0.356 bits per heavy atom. The van der Waals surface area contributed by atoms with E-state index in [-0.39, 0.29) is 0 Å². The maximum Gasteiger partial charge on any atom is 0.179 e. The van der Waals surface area contributed by atoms with Gasteiger partial charge in [-0.25, -0.2) is 0 Å². The third-order valence-electron chi connectivity index (χ3n) is 12.1. The third kappa shape index (κ3) is 5.40. The lowest BCUT2D eigenvalue weighted by Gasteiger charge is -2.34. The second-order valence-corrected chi connectivity index (χ2v) is 19.0. The number of fused-ring (bicyclic) bond motifs is 6. The minimum atomic E-state index is -2.68. The van der Waals surface area contributed by atoms with E-state index in [4.69, 9.17) is 0 Å². The zero-order valence-corrected chi connectivity index (χ0v) is 33.2. The van der Waals surface area contributed by atoms with Gasteiger partial charge in [0.25, 0.3) is 0 Å². The molecule has 11 aromatic rings. The van der Waals surface area contributed by atoms with Crippen molar-refractivity contribution in [3.05, 3.63) is 230 Å². The fourth-order valence-electron chi connectivity index (χ4n) is 9.56. The van der Waals surface area contributed by atoms with Gasteiger partial charge in [0.2, 0.25) is 0 Å². The fourth-order valence-corrected chi connectivity index (χ4v) is 14.3. The molecule has 0 aliphatic rings. The predicted molar refractivity (Wildman–Crippen MR) is 249 cm³/mol. The highest BCUT2D eigenvalue weighted by Crippen LogP contribution is 2.41. The van der Waals surface area contributed by atoms with Crippen molar-refractivity contribution in [2.75, 3.05) is 0 Å². The van der Waals surface area contributed by atoms with E-state index in [0.29, 0.717) is 5.56 Å². The number of hydrogen-bond acceptors (Lipinski definition) is 1. The van der Waals surface area contributed by atoms with Gasteiger partial charge in [0.05, 0.1) is 33.7 Å². The number of para-hydroxylation sites is 3. The van der Waals surface area contributed by atoms with Gasteiger partial charge in [-0.05, 0) is 87.0 Å². The summed E-state index contributed by atoms with van der Waals surface area (Å²) in [6.45, 7) is 0. The van der Waals surface area contributed by atoms with Crippen LogP contribution in [0.3, 0.4) is 0 Å². The molecule has 59 heavy (non-hydrogen) atoms. The zero-order valence-electron chi connectivity index (χ0n) is 32.2. The van der Waals surface area contributed by atoms with Crippen LogP contribution in [0.15, 0.2) is 224 Å². The molecule has 0 N–H and O–H groups in total. The second kappa shape index (κ2) is 14.0. The average Bonchev–Trinajstić information content (AvgIpc) is 3.83. The normalized spacial score (nSPS) is 11.7. The van der Waals surface area contributed by atoms with Crippen LogP contribution in [0.2, 0.25) is 0 Å². The maximum absolute atomic E-state index is 10.1. The van der Waals surface area contributed by atoms with Crippen molar-refractivity contribution in [3.8, 4) is 28.6 Å². The SMILES string of the molecule is N#Cc1ccc2c(c1)c1cc(-c3cccc4c5ccccc5n(-c5ccccc5)c34)ccc1n2-c1ccc([Si](c2ccccc2)(c2ccccc2)c2ccccc2)cc1. The number of nitrogens with zero attached hydrogens (tertiary/aromatic N) is 3. The van der Waals surface area contributed by atoms with Crippen molar-refractivity contribution in [1.29, 1.82) is 5.26 Å². The van der Waals surface area contributed by atoms with Gasteiger partial charge in [0, 0.05) is 38.5 Å². The van der Waals surface area contributed by atoms with Crippen molar-refractivity contribution < 1.29 is 0 Å². The van der Waals surface area contributed by atoms with Crippen molar-refractivity contribution in [3.63, 3.8) is 0 Å². The maximum atomic E-state index is 10.1. The van der Waals surface area contributed by atoms with Crippen molar-refractivity contribution in [2.45, 2.75) is 0 Å². The lowest BCUT2D eigenvalue weighted by molar-refractivity contribution is 1.18. The molecule has 276 valence electrons. The first-order valence-electron chi connectivity index (χ1n) is 20.1. The second-order valence-electron chi connectivity index (χ2n) is 15.2. The summed E-state index contributed by atoms with van der Waals surface area (Å²) in [6.07, 6.45) is 0. The van der Waals surface area contributed by atoms with Gasteiger partial charge in [-0.15, -0.1) is 0 Å². The van der Waals surface area contributed by atoms with Gasteiger partial charge in [0.15, 0.2) is 8.07 Å². The summed E-state index contributed by atoms with van der Waals surface area (Å²) >= 11 is 0. The molecule has 2 heterocycles. The highest BCUT2D eigenvalue weighted by molar-refractivity contribution is 7.19. The van der Waals surface area contributed by atoms with Crippen LogP contribution in [0.25, 0.3) is 66.1 Å². The van der Waals surface area contributed by atoms with Gasteiger partial charge in [-0.1, -0.05) is 164 Å². The molecule has 0 spiro atoms. The molecule has 0 fully saturated rings. The highest BCUT2D eigenvalue weighted by Gasteiger charge is 2.41. The van der Waals surface area contributed by atoms with E-state index in [0.717, 1.165) is 44.3 Å². The summed E-state index contributed by atoms with van der Waals surface area (Å²) < 4.78 is 4.75. The van der Waals surface area contributed by atoms with Gasteiger partial charge in [-0.2, -0.15) is 5.26 Å². The topological polar surface area (TPSA) is 33.6 Å². The summed E-state index contributed by atoms with van der Waals surface area (Å²) in [5.41, 5.74) is 9.67. The number of hydrogen-bond donors (Lipinski definition) is 0. The van der Waals surface area contributed by atoms with E-state index in [1.807, 2.05) is 12.1 Å². The number of rotatable bonds is 7. The Balaban J connectivity index is 1.12. The molecule has 0 saturated heterocycles. The van der Waals surface area contributed by atoms with Crippen molar-refractivity contribution in [2.24, 2.45) is 0 Å². The lowest BCUT2D eigenvalue weighted by Crippen LogP contribution is -2.74. The van der Waals surface area contributed by atoms with Gasteiger partial charge >= 0.3 is 0 Å². The van der Waals surface area contributed by atoms with Crippen LogP contribution in [0, 0.1) is 11.3 Å². The number of nitriles is 1. The molecule has 11 rings (SSSR count). The molecular weight excluding hydrogens is 731 g/mol. The standard InChI is InChI=1S/C55H37N3Si/c56-38-39-28-34-53-50(36-39)51-37-40(47-25-15-26-49-48-24-13-14-27-52(48)58(55(47)49)41-16-5-1-6-17-41)29-35-54(51)57(53)42-30-32-46(33-31-42)59(43-18-7-2-8-19-43,44-20-9-3-10-21-44)45-22-11-4-12-23-45/h1-37H. The first-order chi connectivity index (χ1) is 29.2. The molecule has 0 aliphatic carbocycles. The van der Waals surface area contributed by atoms with Crippen LogP contribution in [-0.2, 0) is 0 Å². The average molecular weight is 768 g/mol. The summed E-state index contributed by atoms with van der Waals surface area (Å²) in [5.74, 6) is 0. The van der Waals surface area contributed by atoms with Crippen molar-refractivity contribution in [1.82, 2.24) is 9.13 Å². The first-order valence-corrected chi connectivity index (χ1v) is 22.1. The van der Waals surface area contributed by atoms with E-state index in [9.17, 15) is 5.26 Å². The minimum absolute atomic E-state index is 0.646. The van der Waals surface area contributed by atoms with E-state index >= 15 is 0 Å². The first kappa shape index (κ1) is 34.5. The fraction of sp³-hybridized carbons (Fsp3) is 0. The van der Waals surface area contributed by atoms with E-state index in [1.165, 1.54) is 42.6 Å². The summed E-state index contributed by atoms with van der Waals surface area (Å²) in [7, 11) is -2.68. The molecule has 9 aromatic carbocycles. The van der Waals surface area contributed by atoms with Crippen LogP contribution in [0.5, 0.6) is 0 Å². The molecule has 2 aromatic heterocycles. The quantitative estimate of drug-likeness (QED) is 0.117. The van der Waals surface area contributed by atoms with Crippen LogP contribution in [0.1, 0.15) is 5.56 Å². The van der Waals surface area contributed by atoms with E-state index < -0.39 is 8.07 Å². The Labute approximate surface area is 343 Å². The van der Waals surface area contributed by atoms with Crippen molar-refractivity contribution >= 4 is 72.4 Å². The molecule has 0 amide bonds. The molecule has 0 radical (unpaired) electrons. The Bertz CT molecular complexity index is 3260. The molecule has 0 unspecified atom stereocenters. The monoisotopic (exact) mass is 767 g/mol. The van der Waals surface area contributed by atoms with Crippen LogP contribution in [0.4, 0.5) is 0 Å². The molecule has 0 atom stereocenters. The number of aromatic nitrogens is 2. The Morgan fingerprint density at radius 3 is 1.47 bits per heavy atom. The Hall–Kier alpha value is -7.71. The predicted octanol–water partition coefficient (Wildman–Crippen LogP) is 10.8. The zero-order chi connectivity index (χ0) is 39.3. The van der Waals surface area contributed by atoms with Gasteiger partial charge in [0.1, 0.15) is 0 Å². The van der Waals surface area contributed by atoms with Crippen LogP contribution in [-0.4, -0.2) is 17.2 Å². The molecular formula is C55H37N3Si. The summed E-state index contributed by atoms with van der Waals surface area (Å²) in [4.78, 5) is 0. The molecule has 4 heteroatoms. The molecule has 0 bridgehead atoms. The minimum Gasteiger partial charge on any atom is -0.309 e. The van der Waals surface area contributed by atoms with Gasteiger partial charge < -0.3 is 9.13 Å². The van der Waals surface area contributed by atoms with E-state index in [2.05, 4.69) is 228 Å². The van der Waals surface area contributed by atoms with Gasteiger partial charge in [-0.3, -0.25) is 0 Å². The summed E-state index contributed by atoms with van der Waals surface area (Å²) in [6, 6.07) is 83.7. The lowest BCUT2D eigenvalue weighted by atomic mass is 9.99. The molecule has 0 saturated carbocycles. The third-order valence-corrected chi connectivity index (χ3v) is 16.9. The molecule has 3 nitrogen and oxygen atoms in total. The van der Waals surface area contributed by atoms with E-state index in [1.54, 1.807) is 0 Å². The summed E-state index contributed by atoms with van der Waals surface area (Å²) in [5, 5.41) is 20.1. The smallest absolute Gasteiger partial charge is 0.179 e. The Morgan fingerprint density at radius 2 is 0.847 bits per heavy atom. The van der Waals surface area contributed by atoms with Crippen LogP contribution >= 0.6 is 0 Å². The van der Waals surface area contributed by atoms with Crippen LogP contribution < -0.4 is 20.7 Å². The highest BCUT2D eigenvalue weighted by atomic mass is 28.3. The molecule has 0 aliphatic heterocycles.